The van der Waals surface area contributed by atoms with Crippen LogP contribution < -0.4 is 0 Å². The third-order valence-electron chi connectivity index (χ3n) is 5.34. The number of rotatable bonds is 18. The lowest BCUT2D eigenvalue weighted by atomic mass is 9.99. The maximum atomic E-state index is 12.6. The molecule has 0 rings (SSSR count). The van der Waals surface area contributed by atoms with Crippen molar-refractivity contribution in [1.82, 2.24) is 0 Å². The van der Waals surface area contributed by atoms with Gasteiger partial charge in [0, 0.05) is 44.6 Å². The molecule has 10 heteroatoms. The third kappa shape index (κ3) is 16.8. The van der Waals surface area contributed by atoms with Crippen molar-refractivity contribution >= 4 is 29.8 Å². The van der Waals surface area contributed by atoms with Gasteiger partial charge in [0.15, 0.2) is 0 Å². The Morgan fingerprint density at radius 3 is 1.92 bits per heavy atom. The fourth-order valence-electron chi connectivity index (χ4n) is 3.50. The lowest BCUT2D eigenvalue weighted by molar-refractivity contribution is -0.173. The first-order valence-electron chi connectivity index (χ1n) is 13.3. The van der Waals surface area contributed by atoms with Crippen LogP contribution in [0.3, 0.4) is 0 Å². The zero-order chi connectivity index (χ0) is 29.3. The molecule has 0 unspecified atom stereocenters. The minimum Gasteiger partial charge on any atom is -0.466 e. The van der Waals surface area contributed by atoms with Gasteiger partial charge in [-0.15, -0.1) is 0 Å². The molecule has 0 amide bonds. The Balaban J connectivity index is 5.80. The van der Waals surface area contributed by atoms with E-state index in [0.29, 0.717) is 18.4 Å². The van der Waals surface area contributed by atoms with Gasteiger partial charge in [0.25, 0.3) is 0 Å². The Hall–Kier alpha value is -2.91. The molecule has 0 saturated heterocycles. The monoisotopic (exact) mass is 542 g/mol. The lowest BCUT2D eigenvalue weighted by Crippen LogP contribution is -2.39. The third-order valence-corrected chi connectivity index (χ3v) is 5.34. The van der Waals surface area contributed by atoms with Crippen molar-refractivity contribution in [3.8, 4) is 0 Å². The number of ether oxygens (including phenoxy) is 5. The van der Waals surface area contributed by atoms with Crippen molar-refractivity contribution in [3.05, 3.63) is 11.6 Å². The second-order valence-electron chi connectivity index (χ2n) is 10.1. The van der Waals surface area contributed by atoms with Gasteiger partial charge in [-0.05, 0) is 31.6 Å². The Morgan fingerprint density at radius 2 is 1.39 bits per heavy atom. The zero-order valence-electron chi connectivity index (χ0n) is 24.2. The fourth-order valence-corrected chi connectivity index (χ4v) is 3.50. The summed E-state index contributed by atoms with van der Waals surface area (Å²) >= 11 is 0. The molecule has 0 saturated carbocycles. The Kier molecular flexibility index (Phi) is 17.7. The van der Waals surface area contributed by atoms with Gasteiger partial charge >= 0.3 is 29.8 Å². The van der Waals surface area contributed by atoms with E-state index >= 15 is 0 Å². The van der Waals surface area contributed by atoms with E-state index in [9.17, 15) is 24.0 Å². The van der Waals surface area contributed by atoms with E-state index in [2.05, 4.69) is 0 Å². The summed E-state index contributed by atoms with van der Waals surface area (Å²) in [6.07, 6.45) is 0.423. The first-order chi connectivity index (χ1) is 17.8. The predicted molar refractivity (Wildman–Crippen MR) is 140 cm³/mol. The quantitative estimate of drug-likeness (QED) is 0.106. The van der Waals surface area contributed by atoms with Gasteiger partial charge in [-0.25, -0.2) is 4.79 Å². The molecule has 0 fully saturated rings. The molecule has 0 aromatic rings. The second-order valence-corrected chi connectivity index (χ2v) is 10.1. The highest BCUT2D eigenvalue weighted by Gasteiger charge is 2.32. The summed E-state index contributed by atoms with van der Waals surface area (Å²) in [6, 6.07) is 0. The van der Waals surface area contributed by atoms with Crippen LogP contribution in [0.25, 0.3) is 0 Å². The van der Waals surface area contributed by atoms with Crippen molar-refractivity contribution in [2.24, 2.45) is 11.8 Å². The predicted octanol–water partition coefficient (Wildman–Crippen LogP) is 4.47. The second kappa shape index (κ2) is 19.2. The van der Waals surface area contributed by atoms with Gasteiger partial charge in [0.1, 0.15) is 18.3 Å². The smallest absolute Gasteiger partial charge is 0.333 e. The molecule has 0 aliphatic rings. The minimum atomic E-state index is -0.934. The van der Waals surface area contributed by atoms with E-state index in [-0.39, 0.29) is 56.5 Å². The number of hydrogen-bond donors (Lipinski definition) is 0. The highest BCUT2D eigenvalue weighted by atomic mass is 16.6. The molecule has 0 radical (unpaired) electrons. The number of methoxy groups -OCH3 is 1. The van der Waals surface area contributed by atoms with Crippen molar-refractivity contribution in [2.45, 2.75) is 112 Å². The topological polar surface area (TPSA) is 132 Å². The maximum Gasteiger partial charge on any atom is 0.333 e. The van der Waals surface area contributed by atoms with Crippen LogP contribution in [0, 0.1) is 11.8 Å². The molecule has 0 aliphatic carbocycles. The first kappa shape index (κ1) is 35.1. The van der Waals surface area contributed by atoms with E-state index in [1.165, 1.54) is 14.0 Å². The summed E-state index contributed by atoms with van der Waals surface area (Å²) in [5, 5.41) is 0. The van der Waals surface area contributed by atoms with Gasteiger partial charge in [-0.2, -0.15) is 0 Å². The number of carbonyl (C=O) groups is 5. The Labute approximate surface area is 226 Å². The summed E-state index contributed by atoms with van der Waals surface area (Å²) in [5.41, 5.74) is 0.331. The Bertz CT molecular complexity index is 799. The molecule has 38 heavy (non-hydrogen) atoms. The standard InChI is InChI=1S/C28H46O10/c1-9-25(30)37-22(13-12-20(6)28(33)34-8)17-24(36-21(7)29)23(38-27(32)16-19(4)5)11-10-14-35-26(31)15-18(2)3/h12,18-19,22-24H,9-11,13-17H2,1-8H3/b20-12+/t22-,23+,24+/m0/s1. The highest BCUT2D eigenvalue weighted by Crippen LogP contribution is 2.22. The molecule has 0 N–H and O–H groups in total. The SMILES string of the molecule is CCC(=O)O[C@@H](C/C=C(\C)C(=O)OC)C[C@@H](OC(C)=O)[C@@H](CCCOC(=O)CC(C)C)OC(=O)CC(C)C. The molecule has 3 atom stereocenters. The fraction of sp³-hybridized carbons (Fsp3) is 0.750. The normalized spacial score (nSPS) is 13.9. The van der Waals surface area contributed by atoms with Crippen LogP contribution in [-0.2, 0) is 47.7 Å². The van der Waals surface area contributed by atoms with E-state index in [0.717, 1.165) is 0 Å². The molecule has 0 heterocycles. The van der Waals surface area contributed by atoms with Gasteiger partial charge < -0.3 is 23.7 Å². The summed E-state index contributed by atoms with van der Waals surface area (Å²) < 4.78 is 26.8. The van der Waals surface area contributed by atoms with E-state index < -0.39 is 42.2 Å². The average molecular weight is 543 g/mol. The van der Waals surface area contributed by atoms with Crippen LogP contribution >= 0.6 is 0 Å². The van der Waals surface area contributed by atoms with Gasteiger partial charge in [-0.3, -0.25) is 19.2 Å². The average Bonchev–Trinajstić information content (AvgIpc) is 2.81. The number of hydrogen-bond acceptors (Lipinski definition) is 10. The zero-order valence-corrected chi connectivity index (χ0v) is 24.2. The van der Waals surface area contributed by atoms with Crippen LogP contribution in [0.1, 0.15) is 93.4 Å². The summed E-state index contributed by atoms with van der Waals surface area (Å²) in [6.45, 7) is 12.2. The van der Waals surface area contributed by atoms with Crippen molar-refractivity contribution < 1.29 is 47.7 Å². The molecule has 0 aliphatic heterocycles. The largest absolute Gasteiger partial charge is 0.466 e. The summed E-state index contributed by atoms with van der Waals surface area (Å²) in [5.74, 6) is -2.13. The van der Waals surface area contributed by atoms with E-state index in [4.69, 9.17) is 23.7 Å². The van der Waals surface area contributed by atoms with Crippen molar-refractivity contribution in [3.63, 3.8) is 0 Å². The lowest BCUT2D eigenvalue weighted by Gasteiger charge is -2.29. The molecule has 0 spiro atoms. The van der Waals surface area contributed by atoms with Crippen LogP contribution in [0.4, 0.5) is 0 Å². The van der Waals surface area contributed by atoms with Crippen LogP contribution in [0.2, 0.25) is 0 Å². The van der Waals surface area contributed by atoms with Crippen LogP contribution in [0.5, 0.6) is 0 Å². The maximum absolute atomic E-state index is 12.6. The van der Waals surface area contributed by atoms with Crippen molar-refractivity contribution in [2.75, 3.05) is 13.7 Å². The van der Waals surface area contributed by atoms with Gasteiger partial charge in [-0.1, -0.05) is 40.7 Å². The molecule has 218 valence electrons. The molecule has 0 aromatic heterocycles. The molecular weight excluding hydrogens is 496 g/mol. The highest BCUT2D eigenvalue weighted by molar-refractivity contribution is 5.87. The van der Waals surface area contributed by atoms with Gasteiger partial charge in [0.05, 0.1) is 13.7 Å². The van der Waals surface area contributed by atoms with Crippen LogP contribution in [-0.4, -0.2) is 61.9 Å². The first-order valence-corrected chi connectivity index (χ1v) is 13.3. The van der Waals surface area contributed by atoms with Crippen LogP contribution in [0.15, 0.2) is 11.6 Å². The molecule has 0 aromatic carbocycles. The molecular formula is C28H46O10. The summed E-state index contributed by atoms with van der Waals surface area (Å²) in [7, 11) is 1.27. The number of esters is 5. The number of carbonyl (C=O) groups excluding carboxylic acids is 5. The van der Waals surface area contributed by atoms with Gasteiger partial charge in [0.2, 0.25) is 0 Å². The Morgan fingerprint density at radius 1 is 0.789 bits per heavy atom. The van der Waals surface area contributed by atoms with E-state index in [1.54, 1.807) is 19.9 Å². The molecule has 0 bridgehead atoms. The van der Waals surface area contributed by atoms with E-state index in [1.807, 2.05) is 27.7 Å². The van der Waals surface area contributed by atoms with Crippen molar-refractivity contribution in [1.29, 1.82) is 0 Å². The molecule has 10 nitrogen and oxygen atoms in total. The summed E-state index contributed by atoms with van der Waals surface area (Å²) in [4.78, 5) is 60.3. The minimum absolute atomic E-state index is 0.0308.